The first kappa shape index (κ1) is 12.6. The van der Waals surface area contributed by atoms with Crippen LogP contribution in [0.5, 0.6) is 0 Å². The third-order valence-electron chi connectivity index (χ3n) is 3.81. The summed E-state index contributed by atoms with van der Waals surface area (Å²) in [5.74, 6) is 1.29. The topological polar surface area (TPSA) is 29.9 Å². The highest BCUT2D eigenvalue weighted by atomic mass is 15.1. The lowest BCUT2D eigenvalue weighted by atomic mass is 9.99. The van der Waals surface area contributed by atoms with Crippen LogP contribution in [-0.2, 0) is 19.4 Å². The number of nitrogens with zero attached hydrogens (tertiary/aromatic N) is 2. The van der Waals surface area contributed by atoms with Gasteiger partial charge < -0.3 is 9.88 Å². The van der Waals surface area contributed by atoms with Crippen molar-refractivity contribution in [1.82, 2.24) is 14.9 Å². The number of rotatable bonds is 5. The zero-order valence-corrected chi connectivity index (χ0v) is 11.4. The van der Waals surface area contributed by atoms with Gasteiger partial charge in [0.15, 0.2) is 0 Å². The van der Waals surface area contributed by atoms with Gasteiger partial charge >= 0.3 is 0 Å². The first-order valence-electron chi connectivity index (χ1n) is 7.11. The third kappa shape index (κ3) is 2.39. The molecule has 1 unspecified atom stereocenters. The average Bonchev–Trinajstić information content (AvgIpc) is 2.74. The molecule has 3 heteroatoms. The Bertz CT molecular complexity index is 368. The molecule has 17 heavy (non-hydrogen) atoms. The molecule has 0 bridgehead atoms. The lowest BCUT2D eigenvalue weighted by Gasteiger charge is -2.26. The van der Waals surface area contributed by atoms with E-state index in [9.17, 15) is 0 Å². The lowest BCUT2D eigenvalue weighted by molar-refractivity contribution is 0.380. The minimum absolute atomic E-state index is 0.691. The highest BCUT2D eigenvalue weighted by Gasteiger charge is 2.24. The van der Waals surface area contributed by atoms with Gasteiger partial charge in [-0.25, -0.2) is 4.98 Å². The molecule has 0 amide bonds. The van der Waals surface area contributed by atoms with Crippen molar-refractivity contribution in [3.63, 3.8) is 0 Å². The highest BCUT2D eigenvalue weighted by Crippen LogP contribution is 2.31. The number of imidazole rings is 1. The van der Waals surface area contributed by atoms with Crippen molar-refractivity contribution in [1.29, 1.82) is 0 Å². The Morgan fingerprint density at radius 2 is 2.18 bits per heavy atom. The van der Waals surface area contributed by atoms with Crippen molar-refractivity contribution in [2.24, 2.45) is 0 Å². The molecule has 2 rings (SSSR count). The van der Waals surface area contributed by atoms with Gasteiger partial charge in [0.2, 0.25) is 0 Å². The van der Waals surface area contributed by atoms with Crippen molar-refractivity contribution in [3.05, 3.63) is 17.2 Å². The molecule has 0 aromatic carbocycles. The first-order chi connectivity index (χ1) is 8.31. The van der Waals surface area contributed by atoms with Crippen molar-refractivity contribution in [3.8, 4) is 0 Å². The molecule has 0 saturated heterocycles. The number of hydrogen-bond acceptors (Lipinski definition) is 2. The zero-order chi connectivity index (χ0) is 12.3. The van der Waals surface area contributed by atoms with Gasteiger partial charge in [-0.3, -0.25) is 0 Å². The maximum Gasteiger partial charge on any atom is 0.109 e. The molecule has 1 aromatic heterocycles. The van der Waals surface area contributed by atoms with Crippen LogP contribution < -0.4 is 5.32 Å². The Labute approximate surface area is 105 Å². The third-order valence-corrected chi connectivity index (χ3v) is 3.81. The molecule has 0 fully saturated rings. The van der Waals surface area contributed by atoms with Crippen LogP contribution in [0.4, 0.5) is 0 Å². The molecule has 1 aliphatic rings. The standard InChI is InChI=1S/C14H25N3/c1-4-11-8-7-9-13-12(10-15-6-3)16-14(5-2)17(11)13/h11,15H,4-10H2,1-3H3. The minimum atomic E-state index is 0.691. The van der Waals surface area contributed by atoms with E-state index < -0.39 is 0 Å². The van der Waals surface area contributed by atoms with Crippen molar-refractivity contribution in [2.75, 3.05) is 6.54 Å². The summed E-state index contributed by atoms with van der Waals surface area (Å²) < 4.78 is 2.54. The summed E-state index contributed by atoms with van der Waals surface area (Å²) in [5, 5.41) is 3.41. The van der Waals surface area contributed by atoms with Gasteiger partial charge in [-0.05, 0) is 32.2 Å². The lowest BCUT2D eigenvalue weighted by Crippen LogP contribution is -2.20. The molecule has 1 atom stereocenters. The van der Waals surface area contributed by atoms with E-state index in [0.717, 1.165) is 19.5 Å². The van der Waals surface area contributed by atoms with Crippen LogP contribution in [0.2, 0.25) is 0 Å². The zero-order valence-electron chi connectivity index (χ0n) is 11.4. The van der Waals surface area contributed by atoms with Gasteiger partial charge in [0.25, 0.3) is 0 Å². The fourth-order valence-corrected chi connectivity index (χ4v) is 2.92. The van der Waals surface area contributed by atoms with Gasteiger partial charge in [-0.15, -0.1) is 0 Å². The molecule has 2 heterocycles. The van der Waals surface area contributed by atoms with Gasteiger partial charge in [0, 0.05) is 24.7 Å². The van der Waals surface area contributed by atoms with Crippen molar-refractivity contribution in [2.45, 2.75) is 65.5 Å². The quantitative estimate of drug-likeness (QED) is 0.850. The SMILES string of the molecule is CCNCc1nc(CC)n2c1CCCC2CC. The molecule has 0 saturated carbocycles. The predicted molar refractivity (Wildman–Crippen MR) is 71.3 cm³/mol. The molecule has 1 N–H and O–H groups in total. The number of hydrogen-bond donors (Lipinski definition) is 1. The van der Waals surface area contributed by atoms with Crippen LogP contribution in [0.3, 0.4) is 0 Å². The summed E-state index contributed by atoms with van der Waals surface area (Å²) in [7, 11) is 0. The maximum atomic E-state index is 4.85. The Hall–Kier alpha value is -0.830. The summed E-state index contributed by atoms with van der Waals surface area (Å²) in [4.78, 5) is 4.85. The molecule has 0 spiro atoms. The number of fused-ring (bicyclic) bond motifs is 1. The smallest absolute Gasteiger partial charge is 0.109 e. The second-order valence-corrected chi connectivity index (χ2v) is 4.88. The van der Waals surface area contributed by atoms with Gasteiger partial charge in [0.1, 0.15) is 5.82 Å². The fourth-order valence-electron chi connectivity index (χ4n) is 2.92. The Morgan fingerprint density at radius 3 is 2.82 bits per heavy atom. The molecular formula is C14H25N3. The Morgan fingerprint density at radius 1 is 1.35 bits per heavy atom. The summed E-state index contributed by atoms with van der Waals surface area (Å²) >= 11 is 0. The predicted octanol–water partition coefficient (Wildman–Crippen LogP) is 2.84. The largest absolute Gasteiger partial charge is 0.329 e. The second kappa shape index (κ2) is 5.67. The van der Waals surface area contributed by atoms with Crippen molar-refractivity contribution < 1.29 is 0 Å². The van der Waals surface area contributed by atoms with Crippen LogP contribution in [-0.4, -0.2) is 16.1 Å². The molecule has 0 radical (unpaired) electrons. The van der Waals surface area contributed by atoms with E-state index in [1.165, 1.54) is 42.9 Å². The highest BCUT2D eigenvalue weighted by molar-refractivity contribution is 5.21. The first-order valence-corrected chi connectivity index (χ1v) is 7.11. The van der Waals surface area contributed by atoms with Crippen LogP contribution >= 0.6 is 0 Å². The summed E-state index contributed by atoms with van der Waals surface area (Å²) in [6, 6.07) is 0.691. The minimum Gasteiger partial charge on any atom is -0.329 e. The molecule has 1 aromatic rings. The van der Waals surface area contributed by atoms with Crippen LogP contribution in [0.15, 0.2) is 0 Å². The van der Waals surface area contributed by atoms with E-state index in [1.807, 2.05) is 0 Å². The Kier molecular flexibility index (Phi) is 4.21. The molecule has 1 aliphatic heterocycles. The van der Waals surface area contributed by atoms with E-state index >= 15 is 0 Å². The average molecular weight is 235 g/mol. The Balaban J connectivity index is 2.33. The van der Waals surface area contributed by atoms with E-state index in [1.54, 1.807) is 0 Å². The van der Waals surface area contributed by atoms with E-state index in [2.05, 4.69) is 30.7 Å². The molecule has 96 valence electrons. The van der Waals surface area contributed by atoms with E-state index in [4.69, 9.17) is 4.98 Å². The molecule has 0 aliphatic carbocycles. The van der Waals surface area contributed by atoms with Gasteiger partial charge in [-0.2, -0.15) is 0 Å². The number of aromatic nitrogens is 2. The van der Waals surface area contributed by atoms with E-state index in [-0.39, 0.29) is 0 Å². The second-order valence-electron chi connectivity index (χ2n) is 4.88. The van der Waals surface area contributed by atoms with Crippen molar-refractivity contribution >= 4 is 0 Å². The molecule has 3 nitrogen and oxygen atoms in total. The van der Waals surface area contributed by atoms with E-state index in [0.29, 0.717) is 6.04 Å². The molecular weight excluding hydrogens is 210 g/mol. The van der Waals surface area contributed by atoms with Crippen LogP contribution in [0.25, 0.3) is 0 Å². The number of nitrogens with one attached hydrogen (secondary N) is 1. The fraction of sp³-hybridized carbons (Fsp3) is 0.786. The summed E-state index contributed by atoms with van der Waals surface area (Å²) in [6.07, 6.45) is 6.15. The summed E-state index contributed by atoms with van der Waals surface area (Å²) in [5.41, 5.74) is 2.79. The monoisotopic (exact) mass is 235 g/mol. The van der Waals surface area contributed by atoms with Crippen LogP contribution in [0, 0.1) is 0 Å². The summed E-state index contributed by atoms with van der Waals surface area (Å²) in [6.45, 7) is 8.61. The van der Waals surface area contributed by atoms with Gasteiger partial charge in [-0.1, -0.05) is 20.8 Å². The number of aryl methyl sites for hydroxylation is 1. The van der Waals surface area contributed by atoms with Crippen LogP contribution in [0.1, 0.15) is 63.3 Å². The normalized spacial score (nSPS) is 19.4. The van der Waals surface area contributed by atoms with Gasteiger partial charge in [0.05, 0.1) is 5.69 Å². The maximum absolute atomic E-state index is 4.85.